The summed E-state index contributed by atoms with van der Waals surface area (Å²) in [6.07, 6.45) is 0. The fraction of sp³-hybridized carbons (Fsp3) is 0. The molecule has 0 bridgehead atoms. The Balaban J connectivity index is 2.70. The summed E-state index contributed by atoms with van der Waals surface area (Å²) >= 11 is 0. The van der Waals surface area contributed by atoms with E-state index in [1.807, 2.05) is 0 Å². The maximum absolute atomic E-state index is 13.5. The predicted octanol–water partition coefficient (Wildman–Crippen LogP) is 3.54. The average Bonchev–Trinajstić information content (AvgIpc) is 2.29. The SMILES string of the molecule is O=[N+]([O-])c1ccc(F)cc1-c1ccccc1F. The van der Waals surface area contributed by atoms with Crippen LogP contribution in [0.2, 0.25) is 0 Å². The van der Waals surface area contributed by atoms with E-state index in [4.69, 9.17) is 0 Å². The van der Waals surface area contributed by atoms with Crippen molar-refractivity contribution in [1.29, 1.82) is 0 Å². The number of rotatable bonds is 2. The standard InChI is InChI=1S/C12H7F2NO2/c13-8-5-6-12(15(16)17)10(7-8)9-3-1-2-4-11(9)14/h1-7H. The van der Waals surface area contributed by atoms with E-state index in [9.17, 15) is 18.9 Å². The van der Waals surface area contributed by atoms with Crippen molar-refractivity contribution in [3.63, 3.8) is 0 Å². The molecule has 0 atom stereocenters. The van der Waals surface area contributed by atoms with Crippen LogP contribution < -0.4 is 0 Å². The van der Waals surface area contributed by atoms with E-state index in [1.54, 1.807) is 0 Å². The fourth-order valence-electron chi connectivity index (χ4n) is 1.56. The van der Waals surface area contributed by atoms with Gasteiger partial charge in [0, 0.05) is 11.6 Å². The zero-order valence-electron chi connectivity index (χ0n) is 8.56. The van der Waals surface area contributed by atoms with Gasteiger partial charge in [0.1, 0.15) is 11.6 Å². The van der Waals surface area contributed by atoms with Gasteiger partial charge in [-0.15, -0.1) is 0 Å². The molecule has 5 heteroatoms. The minimum Gasteiger partial charge on any atom is -0.258 e. The van der Waals surface area contributed by atoms with E-state index >= 15 is 0 Å². The second kappa shape index (κ2) is 4.29. The lowest BCUT2D eigenvalue weighted by Gasteiger charge is -2.04. The highest BCUT2D eigenvalue weighted by atomic mass is 19.1. The van der Waals surface area contributed by atoms with Gasteiger partial charge in [-0.3, -0.25) is 10.1 Å². The number of nitro groups is 1. The summed E-state index contributed by atoms with van der Waals surface area (Å²) in [5.74, 6) is -1.27. The van der Waals surface area contributed by atoms with E-state index in [0.717, 1.165) is 18.2 Å². The number of hydrogen-bond donors (Lipinski definition) is 0. The Kier molecular flexibility index (Phi) is 2.82. The third kappa shape index (κ3) is 2.13. The molecule has 0 saturated carbocycles. The van der Waals surface area contributed by atoms with E-state index in [-0.39, 0.29) is 16.8 Å². The molecule has 0 amide bonds. The van der Waals surface area contributed by atoms with Gasteiger partial charge < -0.3 is 0 Å². The molecule has 0 aliphatic heterocycles. The van der Waals surface area contributed by atoms with Crippen molar-refractivity contribution in [2.45, 2.75) is 0 Å². The lowest BCUT2D eigenvalue weighted by molar-refractivity contribution is -0.384. The Morgan fingerprint density at radius 1 is 1.00 bits per heavy atom. The van der Waals surface area contributed by atoms with Gasteiger partial charge in [-0.2, -0.15) is 0 Å². The fourth-order valence-corrected chi connectivity index (χ4v) is 1.56. The van der Waals surface area contributed by atoms with Crippen LogP contribution in [0.4, 0.5) is 14.5 Å². The molecule has 0 N–H and O–H groups in total. The minimum atomic E-state index is -0.665. The van der Waals surface area contributed by atoms with Crippen LogP contribution >= 0.6 is 0 Å². The van der Waals surface area contributed by atoms with Crippen LogP contribution in [0.3, 0.4) is 0 Å². The van der Waals surface area contributed by atoms with Crippen molar-refractivity contribution in [3.8, 4) is 11.1 Å². The van der Waals surface area contributed by atoms with E-state index in [2.05, 4.69) is 0 Å². The van der Waals surface area contributed by atoms with E-state index < -0.39 is 16.6 Å². The lowest BCUT2D eigenvalue weighted by Crippen LogP contribution is -1.94. The first-order valence-corrected chi connectivity index (χ1v) is 4.78. The third-order valence-electron chi connectivity index (χ3n) is 2.32. The monoisotopic (exact) mass is 235 g/mol. The molecule has 3 nitrogen and oxygen atoms in total. The first kappa shape index (κ1) is 11.2. The first-order valence-electron chi connectivity index (χ1n) is 4.78. The molecule has 2 rings (SSSR count). The van der Waals surface area contributed by atoms with Gasteiger partial charge in [0.2, 0.25) is 0 Å². The first-order chi connectivity index (χ1) is 8.09. The van der Waals surface area contributed by atoms with Crippen LogP contribution in [0.1, 0.15) is 0 Å². The maximum Gasteiger partial charge on any atom is 0.277 e. The number of halogens is 2. The Morgan fingerprint density at radius 2 is 1.71 bits per heavy atom. The number of hydrogen-bond acceptors (Lipinski definition) is 2. The number of nitro benzene ring substituents is 1. The highest BCUT2D eigenvalue weighted by Gasteiger charge is 2.18. The van der Waals surface area contributed by atoms with Crippen LogP contribution in [0, 0.1) is 21.7 Å². The molecule has 0 saturated heterocycles. The molecule has 0 fully saturated rings. The van der Waals surface area contributed by atoms with Crippen LogP contribution in [-0.2, 0) is 0 Å². The summed E-state index contributed by atoms with van der Waals surface area (Å²) in [6, 6.07) is 8.49. The van der Waals surface area contributed by atoms with Gasteiger partial charge in [-0.25, -0.2) is 8.78 Å². The van der Waals surface area contributed by atoms with Crippen molar-refractivity contribution >= 4 is 5.69 Å². The molecule has 2 aromatic rings. The molecule has 17 heavy (non-hydrogen) atoms. The molecule has 0 radical (unpaired) electrons. The Morgan fingerprint density at radius 3 is 2.35 bits per heavy atom. The smallest absolute Gasteiger partial charge is 0.258 e. The zero-order valence-corrected chi connectivity index (χ0v) is 8.56. The molecular weight excluding hydrogens is 228 g/mol. The van der Waals surface area contributed by atoms with Gasteiger partial charge in [-0.1, -0.05) is 18.2 Å². The van der Waals surface area contributed by atoms with Crippen LogP contribution in [0.15, 0.2) is 42.5 Å². The summed E-state index contributed by atoms with van der Waals surface area (Å²) in [5.41, 5.74) is -0.372. The molecule has 0 aliphatic rings. The summed E-state index contributed by atoms with van der Waals surface area (Å²) in [7, 11) is 0. The van der Waals surface area contributed by atoms with Crippen LogP contribution in [0.25, 0.3) is 11.1 Å². The minimum absolute atomic E-state index is 0.0127. The molecule has 0 heterocycles. The van der Waals surface area contributed by atoms with Gasteiger partial charge in [0.05, 0.1) is 10.5 Å². The quantitative estimate of drug-likeness (QED) is 0.590. The summed E-state index contributed by atoms with van der Waals surface area (Å²) < 4.78 is 26.6. The van der Waals surface area contributed by atoms with Gasteiger partial charge in [-0.05, 0) is 18.2 Å². The van der Waals surface area contributed by atoms with Crippen molar-refractivity contribution in [2.24, 2.45) is 0 Å². The molecule has 2 aromatic carbocycles. The summed E-state index contributed by atoms with van der Waals surface area (Å²) in [4.78, 5) is 10.1. The predicted molar refractivity (Wildman–Crippen MR) is 58.4 cm³/mol. The van der Waals surface area contributed by atoms with Crippen molar-refractivity contribution in [3.05, 3.63) is 64.2 Å². The third-order valence-corrected chi connectivity index (χ3v) is 2.32. The van der Waals surface area contributed by atoms with Crippen molar-refractivity contribution in [1.82, 2.24) is 0 Å². The Bertz CT molecular complexity index is 584. The van der Waals surface area contributed by atoms with E-state index in [0.29, 0.717) is 0 Å². The largest absolute Gasteiger partial charge is 0.277 e. The molecule has 0 aromatic heterocycles. The van der Waals surface area contributed by atoms with Crippen molar-refractivity contribution in [2.75, 3.05) is 0 Å². The second-order valence-electron chi connectivity index (χ2n) is 3.40. The van der Waals surface area contributed by atoms with Gasteiger partial charge >= 0.3 is 0 Å². The molecule has 0 aliphatic carbocycles. The van der Waals surface area contributed by atoms with Crippen LogP contribution in [0.5, 0.6) is 0 Å². The molecular formula is C12H7F2NO2. The molecule has 0 spiro atoms. The number of nitrogens with zero attached hydrogens (tertiary/aromatic N) is 1. The maximum atomic E-state index is 13.5. The average molecular weight is 235 g/mol. The topological polar surface area (TPSA) is 43.1 Å². The van der Waals surface area contributed by atoms with Crippen molar-refractivity contribution < 1.29 is 13.7 Å². The highest BCUT2D eigenvalue weighted by molar-refractivity contribution is 5.73. The summed E-state index contributed by atoms with van der Waals surface area (Å²) in [6.45, 7) is 0. The Hall–Kier alpha value is -2.30. The number of benzene rings is 2. The van der Waals surface area contributed by atoms with Crippen LogP contribution in [-0.4, -0.2) is 4.92 Å². The zero-order chi connectivity index (χ0) is 12.4. The van der Waals surface area contributed by atoms with Gasteiger partial charge in [0.15, 0.2) is 0 Å². The lowest BCUT2D eigenvalue weighted by atomic mass is 10.0. The summed E-state index contributed by atoms with van der Waals surface area (Å²) in [5, 5.41) is 10.8. The second-order valence-corrected chi connectivity index (χ2v) is 3.40. The highest BCUT2D eigenvalue weighted by Crippen LogP contribution is 2.31. The van der Waals surface area contributed by atoms with E-state index in [1.165, 1.54) is 24.3 Å². The normalized spacial score (nSPS) is 10.2. The molecule has 0 unspecified atom stereocenters. The Labute approximate surface area is 95.5 Å². The molecule has 86 valence electrons. The van der Waals surface area contributed by atoms with Gasteiger partial charge in [0.25, 0.3) is 5.69 Å².